The number of nitrogens with one attached hydrogen (secondary N) is 2. The van der Waals surface area contributed by atoms with Crippen molar-refractivity contribution in [2.24, 2.45) is 23.2 Å². The van der Waals surface area contributed by atoms with Gasteiger partial charge in [-0.1, -0.05) is 6.42 Å². The molecule has 5 fully saturated rings. The highest BCUT2D eigenvalue weighted by Crippen LogP contribution is 2.61. The SMILES string of the molecule is O=C(CC12CC3CC(CC(C3)C1)C2)NNC(=O)c1sccc1S(=O)(=O)N1CCCCC1. The number of amides is 2. The highest BCUT2D eigenvalue weighted by molar-refractivity contribution is 7.89. The van der Waals surface area contributed by atoms with E-state index < -0.39 is 15.9 Å². The zero-order valence-corrected chi connectivity index (χ0v) is 19.4. The van der Waals surface area contributed by atoms with Crippen LogP contribution < -0.4 is 10.9 Å². The lowest BCUT2D eigenvalue weighted by Crippen LogP contribution is -2.50. The molecule has 7 nitrogen and oxygen atoms in total. The lowest BCUT2D eigenvalue weighted by atomic mass is 9.49. The number of hydrogen-bond acceptors (Lipinski definition) is 5. The summed E-state index contributed by atoms with van der Waals surface area (Å²) in [4.78, 5) is 25.6. The number of piperidine rings is 1. The first-order valence-corrected chi connectivity index (χ1v) is 13.8. The smallest absolute Gasteiger partial charge is 0.273 e. The van der Waals surface area contributed by atoms with Gasteiger partial charge in [-0.3, -0.25) is 20.4 Å². The molecule has 170 valence electrons. The molecule has 1 aromatic heterocycles. The number of hydrazine groups is 1. The van der Waals surface area contributed by atoms with Crippen molar-refractivity contribution in [2.45, 2.75) is 69.1 Å². The van der Waals surface area contributed by atoms with Crippen LogP contribution in [0.1, 0.15) is 73.9 Å². The maximum Gasteiger partial charge on any atom is 0.281 e. The molecule has 1 saturated heterocycles. The van der Waals surface area contributed by atoms with E-state index in [0.29, 0.717) is 19.5 Å². The van der Waals surface area contributed by atoms with Crippen molar-refractivity contribution < 1.29 is 18.0 Å². The average molecular weight is 466 g/mol. The Morgan fingerprint density at radius 1 is 1.00 bits per heavy atom. The summed E-state index contributed by atoms with van der Waals surface area (Å²) in [7, 11) is -3.70. The van der Waals surface area contributed by atoms with Crippen molar-refractivity contribution in [1.29, 1.82) is 0 Å². The minimum Gasteiger partial charge on any atom is -0.273 e. The van der Waals surface area contributed by atoms with Crippen molar-refractivity contribution in [2.75, 3.05) is 13.1 Å². The fraction of sp³-hybridized carbons (Fsp3) is 0.727. The Labute approximate surface area is 188 Å². The van der Waals surface area contributed by atoms with E-state index in [1.807, 2.05) is 0 Å². The van der Waals surface area contributed by atoms with Gasteiger partial charge >= 0.3 is 0 Å². The number of sulfonamides is 1. The minimum absolute atomic E-state index is 0.0345. The summed E-state index contributed by atoms with van der Waals surface area (Å²) in [5, 5.41) is 1.61. The summed E-state index contributed by atoms with van der Waals surface area (Å²) >= 11 is 1.09. The van der Waals surface area contributed by atoms with Gasteiger partial charge in [-0.25, -0.2) is 8.42 Å². The fourth-order valence-corrected chi connectivity index (χ4v) is 9.80. The Morgan fingerprint density at radius 2 is 1.61 bits per heavy atom. The van der Waals surface area contributed by atoms with Gasteiger partial charge < -0.3 is 0 Å². The van der Waals surface area contributed by atoms with E-state index in [4.69, 9.17) is 0 Å². The molecular weight excluding hydrogens is 434 g/mol. The molecule has 0 unspecified atom stereocenters. The Morgan fingerprint density at radius 3 is 2.23 bits per heavy atom. The summed E-state index contributed by atoms with van der Waals surface area (Å²) in [5.41, 5.74) is 5.13. The molecule has 2 heterocycles. The van der Waals surface area contributed by atoms with Gasteiger partial charge in [0, 0.05) is 19.5 Å². The lowest BCUT2D eigenvalue weighted by Gasteiger charge is -2.56. The van der Waals surface area contributed by atoms with Gasteiger partial charge in [-0.15, -0.1) is 11.3 Å². The van der Waals surface area contributed by atoms with Crippen LogP contribution in [0, 0.1) is 23.2 Å². The molecule has 1 aliphatic heterocycles. The molecule has 1 aromatic rings. The van der Waals surface area contributed by atoms with E-state index in [-0.39, 0.29) is 21.1 Å². The first kappa shape index (κ1) is 21.4. The summed E-state index contributed by atoms with van der Waals surface area (Å²) in [6, 6.07) is 1.49. The number of rotatable bonds is 5. The normalized spacial score (nSPS) is 32.7. The Hall–Kier alpha value is -1.45. The number of thiophene rings is 1. The van der Waals surface area contributed by atoms with E-state index in [0.717, 1.165) is 67.6 Å². The fourth-order valence-electron chi connectivity index (χ4n) is 6.99. The van der Waals surface area contributed by atoms with Crippen LogP contribution in [0.3, 0.4) is 0 Å². The minimum atomic E-state index is -3.70. The van der Waals surface area contributed by atoms with Crippen LogP contribution in [0.5, 0.6) is 0 Å². The average Bonchev–Trinajstić information content (AvgIpc) is 3.22. The molecule has 2 amide bonds. The molecule has 0 atom stereocenters. The Kier molecular flexibility index (Phi) is 5.63. The Balaban J connectivity index is 1.21. The summed E-state index contributed by atoms with van der Waals surface area (Å²) in [6.45, 7) is 0.974. The molecule has 4 bridgehead atoms. The molecular formula is C22H31N3O4S2. The summed E-state index contributed by atoms with van der Waals surface area (Å²) in [5.74, 6) is 1.56. The lowest BCUT2D eigenvalue weighted by molar-refractivity contribution is -0.130. The highest BCUT2D eigenvalue weighted by atomic mass is 32.2. The maximum absolute atomic E-state index is 13.0. The van der Waals surface area contributed by atoms with Crippen molar-refractivity contribution >= 4 is 33.2 Å². The van der Waals surface area contributed by atoms with E-state index in [9.17, 15) is 18.0 Å². The third-order valence-corrected chi connectivity index (χ3v) is 10.8. The van der Waals surface area contributed by atoms with Gasteiger partial charge in [0.1, 0.15) is 9.77 Å². The third-order valence-electron chi connectivity index (χ3n) is 7.78. The molecule has 4 saturated carbocycles. The molecule has 0 aromatic carbocycles. The van der Waals surface area contributed by atoms with Crippen LogP contribution in [0.15, 0.2) is 16.3 Å². The summed E-state index contributed by atoms with van der Waals surface area (Å²) in [6.07, 6.45) is 10.5. The van der Waals surface area contributed by atoms with Crippen LogP contribution in [-0.4, -0.2) is 37.6 Å². The molecule has 0 radical (unpaired) electrons. The molecule has 9 heteroatoms. The van der Waals surface area contributed by atoms with Crippen LogP contribution in [0.2, 0.25) is 0 Å². The van der Waals surface area contributed by atoms with Gasteiger partial charge in [0.15, 0.2) is 0 Å². The van der Waals surface area contributed by atoms with Crippen LogP contribution >= 0.6 is 11.3 Å². The zero-order chi connectivity index (χ0) is 21.6. The van der Waals surface area contributed by atoms with Gasteiger partial charge in [0.2, 0.25) is 15.9 Å². The largest absolute Gasteiger partial charge is 0.281 e. The topological polar surface area (TPSA) is 95.6 Å². The van der Waals surface area contributed by atoms with Gasteiger partial charge in [0.05, 0.1) is 0 Å². The van der Waals surface area contributed by atoms with E-state index in [1.165, 1.54) is 29.6 Å². The number of nitrogens with zero attached hydrogens (tertiary/aromatic N) is 1. The maximum atomic E-state index is 13.0. The molecule has 5 aliphatic rings. The second-order valence-electron chi connectivity index (χ2n) is 10.2. The monoisotopic (exact) mass is 465 g/mol. The predicted molar refractivity (Wildman–Crippen MR) is 118 cm³/mol. The molecule has 0 spiro atoms. The Bertz CT molecular complexity index is 930. The van der Waals surface area contributed by atoms with Crippen LogP contribution in [-0.2, 0) is 14.8 Å². The van der Waals surface area contributed by atoms with Gasteiger partial charge in [0.25, 0.3) is 5.91 Å². The molecule has 2 N–H and O–H groups in total. The standard InChI is InChI=1S/C22H31N3O4S2/c26-19(14-22-11-15-8-16(12-22)10-17(9-15)13-22)23-24-21(27)20-18(4-7-30-20)31(28,29)25-5-2-1-3-6-25/h4,7,15-17H,1-3,5-6,8-14H2,(H,23,26)(H,24,27). The van der Waals surface area contributed by atoms with Crippen molar-refractivity contribution in [3.05, 3.63) is 16.3 Å². The predicted octanol–water partition coefficient (Wildman–Crippen LogP) is 3.29. The summed E-state index contributed by atoms with van der Waals surface area (Å²) < 4.78 is 27.4. The van der Waals surface area contributed by atoms with E-state index in [2.05, 4.69) is 10.9 Å². The first-order chi connectivity index (χ1) is 14.8. The van der Waals surface area contributed by atoms with E-state index in [1.54, 1.807) is 5.38 Å². The van der Waals surface area contributed by atoms with Crippen molar-refractivity contribution in [1.82, 2.24) is 15.2 Å². The quantitative estimate of drug-likeness (QED) is 0.652. The van der Waals surface area contributed by atoms with Crippen LogP contribution in [0.25, 0.3) is 0 Å². The van der Waals surface area contributed by atoms with Crippen molar-refractivity contribution in [3.63, 3.8) is 0 Å². The van der Waals surface area contributed by atoms with Crippen LogP contribution in [0.4, 0.5) is 0 Å². The molecule has 4 aliphatic carbocycles. The zero-order valence-electron chi connectivity index (χ0n) is 17.8. The number of hydrogen-bond donors (Lipinski definition) is 2. The first-order valence-electron chi connectivity index (χ1n) is 11.5. The second kappa shape index (κ2) is 8.15. The molecule has 31 heavy (non-hydrogen) atoms. The molecule has 6 rings (SSSR count). The number of carbonyl (C=O) groups excluding carboxylic acids is 2. The van der Waals surface area contributed by atoms with Gasteiger partial charge in [-0.05, 0) is 86.0 Å². The second-order valence-corrected chi connectivity index (χ2v) is 13.0. The highest BCUT2D eigenvalue weighted by Gasteiger charge is 2.51. The van der Waals surface area contributed by atoms with E-state index >= 15 is 0 Å². The van der Waals surface area contributed by atoms with Crippen molar-refractivity contribution in [3.8, 4) is 0 Å². The third kappa shape index (κ3) is 4.16. The van der Waals surface area contributed by atoms with Gasteiger partial charge in [-0.2, -0.15) is 4.31 Å². The number of carbonyl (C=O) groups is 2.